The Hall–Kier alpha value is -1.42. The molecule has 0 saturated heterocycles. The Morgan fingerprint density at radius 1 is 1.38 bits per heavy atom. The van der Waals surface area contributed by atoms with Gasteiger partial charge >= 0.3 is 0 Å². The number of nitrogens with zero attached hydrogens (tertiary/aromatic N) is 1. The number of nitrogens with one attached hydrogen (secondary N) is 1. The number of hydrogen-bond acceptors (Lipinski definition) is 3. The molecule has 0 bridgehead atoms. The summed E-state index contributed by atoms with van der Waals surface area (Å²) in [6.45, 7) is 0.528. The second kappa shape index (κ2) is 4.61. The largest absolute Gasteiger partial charge is 0.350 e. The molecule has 0 aliphatic heterocycles. The van der Waals surface area contributed by atoms with Crippen molar-refractivity contribution in [3.05, 3.63) is 30.1 Å². The molecule has 1 aromatic rings. The van der Waals surface area contributed by atoms with Gasteiger partial charge in [0, 0.05) is 18.9 Å². The first kappa shape index (κ1) is 11.1. The smallest absolute Gasteiger partial charge is 0.240 e. The van der Waals surface area contributed by atoms with Crippen molar-refractivity contribution in [2.24, 2.45) is 5.73 Å². The lowest BCUT2D eigenvalue weighted by Crippen LogP contribution is -2.51. The topological polar surface area (TPSA) is 68.0 Å². The van der Waals surface area contributed by atoms with Crippen molar-refractivity contribution in [1.29, 1.82) is 0 Å². The molecule has 1 aromatic heterocycles. The molecule has 1 heterocycles. The quantitative estimate of drug-likeness (QED) is 0.796. The molecule has 1 saturated carbocycles. The van der Waals surface area contributed by atoms with Crippen molar-refractivity contribution in [2.45, 2.75) is 37.8 Å². The number of rotatable bonds is 3. The Kier molecular flexibility index (Phi) is 3.19. The lowest BCUT2D eigenvalue weighted by atomic mass is 9.98. The van der Waals surface area contributed by atoms with Crippen LogP contribution in [0.2, 0.25) is 0 Å². The van der Waals surface area contributed by atoms with Crippen LogP contribution in [0.5, 0.6) is 0 Å². The molecule has 0 unspecified atom stereocenters. The molecule has 1 fully saturated rings. The van der Waals surface area contributed by atoms with Crippen molar-refractivity contribution in [3.8, 4) is 0 Å². The Morgan fingerprint density at radius 2 is 2.00 bits per heavy atom. The Morgan fingerprint density at radius 3 is 2.62 bits per heavy atom. The van der Waals surface area contributed by atoms with E-state index in [-0.39, 0.29) is 5.91 Å². The molecule has 1 aliphatic carbocycles. The number of pyridine rings is 1. The van der Waals surface area contributed by atoms with E-state index in [1.807, 2.05) is 12.1 Å². The van der Waals surface area contributed by atoms with E-state index in [0.29, 0.717) is 6.54 Å². The van der Waals surface area contributed by atoms with Crippen LogP contribution in [0, 0.1) is 0 Å². The summed E-state index contributed by atoms with van der Waals surface area (Å²) in [5.41, 5.74) is 6.46. The van der Waals surface area contributed by atoms with Crippen molar-refractivity contribution in [1.82, 2.24) is 10.3 Å². The highest BCUT2D eigenvalue weighted by Gasteiger charge is 2.36. The number of amides is 1. The SMILES string of the molecule is NC1(C(=O)NCc2ccncc2)CCCC1. The summed E-state index contributed by atoms with van der Waals surface area (Å²) in [5.74, 6) is -0.0261. The van der Waals surface area contributed by atoms with E-state index in [4.69, 9.17) is 5.73 Å². The third kappa shape index (κ3) is 2.39. The van der Waals surface area contributed by atoms with Gasteiger partial charge in [-0.2, -0.15) is 0 Å². The van der Waals surface area contributed by atoms with Crippen LogP contribution in [0.15, 0.2) is 24.5 Å². The number of hydrogen-bond donors (Lipinski definition) is 2. The van der Waals surface area contributed by atoms with E-state index in [0.717, 1.165) is 31.2 Å². The van der Waals surface area contributed by atoms with Gasteiger partial charge in [-0.25, -0.2) is 0 Å². The van der Waals surface area contributed by atoms with Crippen LogP contribution in [0.1, 0.15) is 31.2 Å². The molecule has 0 radical (unpaired) electrons. The molecule has 4 nitrogen and oxygen atoms in total. The number of aromatic nitrogens is 1. The molecular formula is C12H17N3O. The normalized spacial score (nSPS) is 18.3. The molecule has 4 heteroatoms. The molecule has 0 aromatic carbocycles. The lowest BCUT2D eigenvalue weighted by molar-refractivity contribution is -0.126. The first-order valence-electron chi connectivity index (χ1n) is 5.67. The molecule has 1 aliphatic rings. The minimum atomic E-state index is -0.632. The first-order chi connectivity index (χ1) is 7.71. The van der Waals surface area contributed by atoms with E-state index in [9.17, 15) is 4.79 Å². The average Bonchev–Trinajstić information content (AvgIpc) is 2.76. The molecule has 16 heavy (non-hydrogen) atoms. The Bertz CT molecular complexity index is 358. The zero-order valence-electron chi connectivity index (χ0n) is 9.28. The van der Waals surface area contributed by atoms with Gasteiger partial charge in [0.2, 0.25) is 5.91 Å². The van der Waals surface area contributed by atoms with Crippen LogP contribution >= 0.6 is 0 Å². The van der Waals surface area contributed by atoms with Gasteiger partial charge in [0.05, 0.1) is 5.54 Å². The van der Waals surface area contributed by atoms with Crippen molar-refractivity contribution in [2.75, 3.05) is 0 Å². The van der Waals surface area contributed by atoms with Gasteiger partial charge in [-0.05, 0) is 30.5 Å². The van der Waals surface area contributed by atoms with Crippen LogP contribution in [0.3, 0.4) is 0 Å². The van der Waals surface area contributed by atoms with Crippen LogP contribution in [-0.4, -0.2) is 16.4 Å². The third-order valence-electron chi connectivity index (χ3n) is 3.15. The highest BCUT2D eigenvalue weighted by molar-refractivity contribution is 5.86. The molecule has 2 rings (SSSR count). The first-order valence-corrected chi connectivity index (χ1v) is 5.67. The van der Waals surface area contributed by atoms with Gasteiger partial charge < -0.3 is 11.1 Å². The maximum absolute atomic E-state index is 11.9. The minimum absolute atomic E-state index is 0.0261. The summed E-state index contributed by atoms with van der Waals surface area (Å²) in [7, 11) is 0. The molecule has 0 atom stereocenters. The van der Waals surface area contributed by atoms with E-state index in [1.165, 1.54) is 0 Å². The van der Waals surface area contributed by atoms with Crippen molar-refractivity contribution in [3.63, 3.8) is 0 Å². The number of carbonyl (C=O) groups excluding carboxylic acids is 1. The van der Waals surface area contributed by atoms with Gasteiger partial charge in [-0.1, -0.05) is 12.8 Å². The lowest BCUT2D eigenvalue weighted by Gasteiger charge is -2.22. The van der Waals surface area contributed by atoms with Gasteiger partial charge in [-0.3, -0.25) is 9.78 Å². The second-order valence-electron chi connectivity index (χ2n) is 4.40. The Labute approximate surface area is 95.3 Å². The van der Waals surface area contributed by atoms with E-state index in [2.05, 4.69) is 10.3 Å². The second-order valence-corrected chi connectivity index (χ2v) is 4.40. The highest BCUT2D eigenvalue weighted by Crippen LogP contribution is 2.27. The maximum Gasteiger partial charge on any atom is 0.240 e. The Balaban J connectivity index is 1.89. The zero-order chi connectivity index (χ0) is 11.4. The maximum atomic E-state index is 11.9. The summed E-state index contributed by atoms with van der Waals surface area (Å²) in [5, 5.41) is 2.89. The summed E-state index contributed by atoms with van der Waals surface area (Å²) >= 11 is 0. The minimum Gasteiger partial charge on any atom is -0.350 e. The third-order valence-corrected chi connectivity index (χ3v) is 3.15. The fourth-order valence-corrected chi connectivity index (χ4v) is 2.09. The molecule has 3 N–H and O–H groups in total. The van der Waals surface area contributed by atoms with E-state index >= 15 is 0 Å². The summed E-state index contributed by atoms with van der Waals surface area (Å²) in [4.78, 5) is 15.8. The average molecular weight is 219 g/mol. The molecule has 0 spiro atoms. The number of nitrogens with two attached hydrogens (primary N) is 1. The van der Waals surface area contributed by atoms with Gasteiger partial charge in [0.25, 0.3) is 0 Å². The zero-order valence-corrected chi connectivity index (χ0v) is 9.28. The summed E-state index contributed by atoms with van der Waals surface area (Å²) in [6.07, 6.45) is 7.15. The molecule has 1 amide bonds. The standard InChI is InChI=1S/C12H17N3O/c13-12(5-1-2-6-12)11(16)15-9-10-3-7-14-8-4-10/h3-4,7-8H,1-2,5-6,9,13H2,(H,15,16). The van der Waals surface area contributed by atoms with Crippen LogP contribution < -0.4 is 11.1 Å². The predicted molar refractivity (Wildman–Crippen MR) is 61.5 cm³/mol. The van der Waals surface area contributed by atoms with E-state index < -0.39 is 5.54 Å². The molecule has 86 valence electrons. The molecular weight excluding hydrogens is 202 g/mol. The number of carbonyl (C=O) groups is 1. The van der Waals surface area contributed by atoms with Crippen molar-refractivity contribution < 1.29 is 4.79 Å². The van der Waals surface area contributed by atoms with Crippen LogP contribution in [0.4, 0.5) is 0 Å². The predicted octanol–water partition coefficient (Wildman–Crippen LogP) is 0.969. The van der Waals surface area contributed by atoms with Crippen LogP contribution in [0.25, 0.3) is 0 Å². The van der Waals surface area contributed by atoms with E-state index in [1.54, 1.807) is 12.4 Å². The van der Waals surface area contributed by atoms with Gasteiger partial charge in [0.15, 0.2) is 0 Å². The fourth-order valence-electron chi connectivity index (χ4n) is 2.09. The monoisotopic (exact) mass is 219 g/mol. The van der Waals surface area contributed by atoms with Crippen LogP contribution in [-0.2, 0) is 11.3 Å². The van der Waals surface area contributed by atoms with Crippen molar-refractivity contribution >= 4 is 5.91 Å². The van der Waals surface area contributed by atoms with Gasteiger partial charge in [-0.15, -0.1) is 0 Å². The highest BCUT2D eigenvalue weighted by atomic mass is 16.2. The van der Waals surface area contributed by atoms with Gasteiger partial charge in [0.1, 0.15) is 0 Å². The summed E-state index contributed by atoms with van der Waals surface area (Å²) < 4.78 is 0. The fraction of sp³-hybridized carbons (Fsp3) is 0.500. The summed E-state index contributed by atoms with van der Waals surface area (Å²) in [6, 6.07) is 3.77.